The van der Waals surface area contributed by atoms with Gasteiger partial charge in [0, 0.05) is 15.6 Å². The molecule has 7 aromatic rings. The molecule has 2 heterocycles. The molecule has 46 heavy (non-hydrogen) atoms. The fourth-order valence-corrected chi connectivity index (χ4v) is 6.12. The number of furan rings is 1. The highest BCUT2D eigenvalue weighted by molar-refractivity contribution is 7.17. The molecule has 0 unspecified atom stereocenters. The van der Waals surface area contributed by atoms with Crippen LogP contribution in [0.2, 0.25) is 0 Å². The average molecular weight is 615 g/mol. The Morgan fingerprint density at radius 2 is 1.09 bits per heavy atom. The van der Waals surface area contributed by atoms with Crippen LogP contribution in [0.3, 0.4) is 0 Å². The van der Waals surface area contributed by atoms with Crippen LogP contribution in [0.25, 0.3) is 39.3 Å². The van der Waals surface area contributed by atoms with E-state index in [1.165, 1.54) is 32.3 Å². The molecule has 3 aliphatic carbocycles. The Morgan fingerprint density at radius 3 is 1.74 bits per heavy atom. The van der Waals surface area contributed by atoms with E-state index in [1.54, 1.807) is 23.7 Å². The van der Waals surface area contributed by atoms with E-state index in [9.17, 15) is 4.79 Å². The van der Waals surface area contributed by atoms with Crippen molar-refractivity contribution in [3.8, 4) is 0 Å². The van der Waals surface area contributed by atoms with Crippen LogP contribution < -0.4 is 0 Å². The van der Waals surface area contributed by atoms with Crippen LogP contribution >= 0.6 is 11.3 Å². The number of allylic oxidation sites excluding steroid dienone is 3. The molecule has 5 aromatic carbocycles. The molecule has 0 bridgehead atoms. The van der Waals surface area contributed by atoms with Crippen molar-refractivity contribution in [2.24, 2.45) is 0 Å². The summed E-state index contributed by atoms with van der Waals surface area (Å²) in [4.78, 5) is 11.0. The van der Waals surface area contributed by atoms with Gasteiger partial charge < -0.3 is 4.42 Å². The molecule has 0 atom stereocenters. The molecule has 0 amide bonds. The summed E-state index contributed by atoms with van der Waals surface area (Å²) in [6.07, 6.45) is 16.1. The first-order valence-electron chi connectivity index (χ1n) is 15.4. The molecule has 0 spiro atoms. The highest BCUT2D eigenvalue weighted by atomic mass is 32.1. The van der Waals surface area contributed by atoms with Gasteiger partial charge in [0.15, 0.2) is 5.78 Å². The minimum atomic E-state index is 0.121. The van der Waals surface area contributed by atoms with Crippen molar-refractivity contribution in [3.63, 3.8) is 0 Å². The lowest BCUT2D eigenvalue weighted by Crippen LogP contribution is -1.89. The largest absolute Gasteiger partial charge is 0.464 e. The Bertz CT molecular complexity index is 1960. The molecule has 0 saturated carbocycles. The van der Waals surface area contributed by atoms with Crippen molar-refractivity contribution in [3.05, 3.63) is 197 Å². The summed E-state index contributed by atoms with van der Waals surface area (Å²) < 4.78 is 6.49. The topological polar surface area (TPSA) is 30.2 Å². The van der Waals surface area contributed by atoms with Crippen LogP contribution in [-0.2, 0) is 12.8 Å². The van der Waals surface area contributed by atoms with E-state index in [-0.39, 0.29) is 5.78 Å². The van der Waals surface area contributed by atoms with Crippen molar-refractivity contribution in [1.82, 2.24) is 0 Å². The van der Waals surface area contributed by atoms with E-state index in [0.717, 1.165) is 34.9 Å². The van der Waals surface area contributed by atoms with E-state index >= 15 is 0 Å². The predicted octanol–water partition coefficient (Wildman–Crippen LogP) is 11.7. The minimum absolute atomic E-state index is 0.121. The van der Waals surface area contributed by atoms with E-state index < -0.39 is 0 Å². The number of thiophene rings is 1. The zero-order chi connectivity index (χ0) is 31.4. The molecule has 2 nitrogen and oxygen atoms in total. The molecule has 224 valence electrons. The number of fused-ring (bicyclic) bond motifs is 5. The van der Waals surface area contributed by atoms with Gasteiger partial charge in [0.2, 0.25) is 0 Å². The number of hydrogen-bond donors (Lipinski definition) is 0. The van der Waals surface area contributed by atoms with Crippen LogP contribution in [0.4, 0.5) is 0 Å². The second-order valence-electron chi connectivity index (χ2n) is 10.8. The van der Waals surface area contributed by atoms with E-state index in [2.05, 4.69) is 109 Å². The van der Waals surface area contributed by atoms with E-state index in [0.29, 0.717) is 0 Å². The highest BCUT2D eigenvalue weighted by Crippen LogP contribution is 2.20. The van der Waals surface area contributed by atoms with Gasteiger partial charge in [0.25, 0.3) is 0 Å². The van der Waals surface area contributed by atoms with Gasteiger partial charge in [-0.05, 0) is 81.8 Å². The SMILES string of the molecule is C1=Cc2ccccc2C1.C1=Cc2ccccc2C1.O=C1C=Cc2ccccc21.c1ccc2occc2c1.c1ccc2sccc2c1. The van der Waals surface area contributed by atoms with Gasteiger partial charge in [-0.2, -0.15) is 0 Å². The highest BCUT2D eigenvalue weighted by Gasteiger charge is 2.10. The summed E-state index contributed by atoms with van der Waals surface area (Å²) in [6.45, 7) is 0. The van der Waals surface area contributed by atoms with Crippen LogP contribution in [0.1, 0.15) is 38.2 Å². The molecular formula is C43H34O2S. The normalized spacial score (nSPS) is 12.4. The molecule has 3 heteroatoms. The first-order chi connectivity index (χ1) is 22.7. The predicted molar refractivity (Wildman–Crippen MR) is 196 cm³/mol. The number of hydrogen-bond acceptors (Lipinski definition) is 3. The van der Waals surface area contributed by atoms with Crippen molar-refractivity contribution >= 4 is 56.4 Å². The fourth-order valence-electron chi connectivity index (χ4n) is 5.33. The molecule has 3 aliphatic rings. The molecule has 10 rings (SSSR count). The van der Waals surface area contributed by atoms with Crippen LogP contribution in [-0.4, -0.2) is 5.78 Å². The quantitative estimate of drug-likeness (QED) is 0.170. The Labute approximate surface area is 274 Å². The van der Waals surface area contributed by atoms with E-state index in [4.69, 9.17) is 4.42 Å². The first kappa shape index (κ1) is 30.5. The Morgan fingerprint density at radius 1 is 0.500 bits per heavy atom. The summed E-state index contributed by atoms with van der Waals surface area (Å²) in [5.41, 5.74) is 8.50. The van der Waals surface area contributed by atoms with Gasteiger partial charge in [-0.15, -0.1) is 11.3 Å². The number of benzene rings is 5. The van der Waals surface area contributed by atoms with Gasteiger partial charge in [-0.1, -0.05) is 140 Å². The zero-order valence-electron chi connectivity index (χ0n) is 25.5. The lowest BCUT2D eigenvalue weighted by Gasteiger charge is -1.93. The van der Waals surface area contributed by atoms with Gasteiger partial charge in [0.05, 0.1) is 6.26 Å². The Balaban J connectivity index is 0.000000101. The third-order valence-electron chi connectivity index (χ3n) is 7.74. The number of carbonyl (C=O) groups is 1. The monoisotopic (exact) mass is 614 g/mol. The van der Waals surface area contributed by atoms with Crippen molar-refractivity contribution in [2.45, 2.75) is 12.8 Å². The summed E-state index contributed by atoms with van der Waals surface area (Å²) in [5, 5.41) is 4.63. The maximum absolute atomic E-state index is 11.0. The Kier molecular flexibility index (Phi) is 10.3. The van der Waals surface area contributed by atoms with Crippen LogP contribution in [0, 0.1) is 0 Å². The lowest BCUT2D eigenvalue weighted by atomic mass is 10.1. The fraction of sp³-hybridized carbons (Fsp3) is 0.0465. The summed E-state index contributed by atoms with van der Waals surface area (Å²) >= 11 is 1.79. The van der Waals surface area contributed by atoms with Gasteiger partial charge in [-0.25, -0.2) is 0 Å². The average Bonchev–Trinajstić information content (AvgIpc) is 3.96. The van der Waals surface area contributed by atoms with Crippen LogP contribution in [0.15, 0.2) is 168 Å². The number of para-hydroxylation sites is 1. The van der Waals surface area contributed by atoms with Gasteiger partial charge in [-0.3, -0.25) is 4.79 Å². The first-order valence-corrected chi connectivity index (χ1v) is 16.3. The summed E-state index contributed by atoms with van der Waals surface area (Å²) in [6, 6.07) is 45.0. The number of carbonyl (C=O) groups excluding carboxylic acids is 1. The molecule has 0 fully saturated rings. The molecule has 2 aromatic heterocycles. The molecule has 0 N–H and O–H groups in total. The third kappa shape index (κ3) is 7.95. The zero-order valence-corrected chi connectivity index (χ0v) is 26.3. The molecular weight excluding hydrogens is 581 g/mol. The lowest BCUT2D eigenvalue weighted by molar-refractivity contribution is 0.105. The second kappa shape index (κ2) is 15.5. The minimum Gasteiger partial charge on any atom is -0.464 e. The Hall–Kier alpha value is -5.51. The van der Waals surface area contributed by atoms with Crippen molar-refractivity contribution in [2.75, 3.05) is 0 Å². The van der Waals surface area contributed by atoms with Gasteiger partial charge >= 0.3 is 0 Å². The molecule has 0 radical (unpaired) electrons. The van der Waals surface area contributed by atoms with Crippen LogP contribution in [0.5, 0.6) is 0 Å². The number of rotatable bonds is 0. The maximum Gasteiger partial charge on any atom is 0.186 e. The number of ketones is 1. The molecule has 0 aliphatic heterocycles. The van der Waals surface area contributed by atoms with Crippen molar-refractivity contribution in [1.29, 1.82) is 0 Å². The second-order valence-corrected chi connectivity index (χ2v) is 11.8. The summed E-state index contributed by atoms with van der Waals surface area (Å²) in [5.74, 6) is 0.121. The van der Waals surface area contributed by atoms with E-state index in [1.807, 2.05) is 60.7 Å². The standard InChI is InChI=1S/C9H6O.2C9H8.C8H6O.C8H6S/c10-9-6-5-7-3-1-2-4-8(7)9;2*1-2-5-9-7-3-6-8(9)4-1;2*1-2-4-8-7(3-1)5-6-9-8/h1-6H;2*1-6H,7H2;2*1-6H. The summed E-state index contributed by atoms with van der Waals surface area (Å²) in [7, 11) is 0. The third-order valence-corrected chi connectivity index (χ3v) is 8.64. The molecule has 0 saturated heterocycles. The van der Waals surface area contributed by atoms with Gasteiger partial charge in [0.1, 0.15) is 5.58 Å². The van der Waals surface area contributed by atoms with Crippen molar-refractivity contribution < 1.29 is 9.21 Å². The maximum atomic E-state index is 11.0. The smallest absolute Gasteiger partial charge is 0.186 e.